The Labute approximate surface area is 135 Å². The topological polar surface area (TPSA) is 71.4 Å². The smallest absolute Gasteiger partial charge is 0.330 e. The second-order valence-electron chi connectivity index (χ2n) is 4.84. The van der Waals surface area contributed by atoms with E-state index in [1.54, 1.807) is 48.5 Å². The molecular formula is C19H18O4. The van der Waals surface area contributed by atoms with Crippen molar-refractivity contribution in [1.82, 2.24) is 0 Å². The molecule has 1 N–H and O–H groups in total. The van der Waals surface area contributed by atoms with Crippen LogP contribution in [0.15, 0.2) is 72.8 Å². The van der Waals surface area contributed by atoms with Crippen molar-refractivity contribution < 1.29 is 19.5 Å². The van der Waals surface area contributed by atoms with Gasteiger partial charge in [0.2, 0.25) is 0 Å². The molecule has 4 nitrogen and oxygen atoms in total. The molecule has 0 aliphatic carbocycles. The molecule has 118 valence electrons. The fourth-order valence-electron chi connectivity index (χ4n) is 1.60. The van der Waals surface area contributed by atoms with Crippen LogP contribution in [-0.4, -0.2) is 22.6 Å². The van der Waals surface area contributed by atoms with Crippen LogP contribution in [0.4, 0.5) is 0 Å². The van der Waals surface area contributed by atoms with Crippen molar-refractivity contribution in [2.45, 2.75) is 13.3 Å². The molecule has 0 spiro atoms. The number of carbonyl (C=O) groups is 3. The third-order valence-electron chi connectivity index (χ3n) is 2.88. The largest absolute Gasteiger partial charge is 0.478 e. The van der Waals surface area contributed by atoms with E-state index in [-0.39, 0.29) is 23.6 Å². The van der Waals surface area contributed by atoms with Gasteiger partial charge in [-0.1, -0.05) is 67.2 Å². The van der Waals surface area contributed by atoms with Crippen LogP contribution in [0.25, 0.3) is 0 Å². The van der Waals surface area contributed by atoms with E-state index in [4.69, 9.17) is 5.11 Å². The maximum absolute atomic E-state index is 11.8. The van der Waals surface area contributed by atoms with Crippen LogP contribution in [0.2, 0.25) is 0 Å². The van der Waals surface area contributed by atoms with Crippen molar-refractivity contribution in [3.8, 4) is 0 Å². The van der Waals surface area contributed by atoms with Gasteiger partial charge in [0.1, 0.15) is 0 Å². The normalized spacial score (nSPS) is 9.26. The lowest BCUT2D eigenvalue weighted by Crippen LogP contribution is -2.08. The summed E-state index contributed by atoms with van der Waals surface area (Å²) < 4.78 is 0. The minimum Gasteiger partial charge on any atom is -0.478 e. The van der Waals surface area contributed by atoms with Gasteiger partial charge in [-0.05, 0) is 6.92 Å². The second kappa shape index (κ2) is 9.10. The lowest BCUT2D eigenvalue weighted by molar-refractivity contribution is -0.132. The highest BCUT2D eigenvalue weighted by Gasteiger charge is 2.12. The Morgan fingerprint density at radius 3 is 1.39 bits per heavy atom. The summed E-state index contributed by atoms with van der Waals surface area (Å²) in [5.41, 5.74) is 1.34. The van der Waals surface area contributed by atoms with Gasteiger partial charge >= 0.3 is 5.97 Å². The molecule has 0 unspecified atom stereocenters. The summed E-state index contributed by atoms with van der Waals surface area (Å²) in [5.74, 6) is -1.21. The van der Waals surface area contributed by atoms with Gasteiger partial charge in [-0.15, -0.1) is 0 Å². The summed E-state index contributed by atoms with van der Waals surface area (Å²) in [4.78, 5) is 33.2. The van der Waals surface area contributed by atoms with Crippen molar-refractivity contribution in [2.24, 2.45) is 0 Å². The predicted molar refractivity (Wildman–Crippen MR) is 88.6 cm³/mol. The molecule has 2 aromatic rings. The maximum atomic E-state index is 11.8. The van der Waals surface area contributed by atoms with Gasteiger partial charge in [0.15, 0.2) is 11.6 Å². The van der Waals surface area contributed by atoms with Gasteiger partial charge in [-0.25, -0.2) is 4.79 Å². The van der Waals surface area contributed by atoms with E-state index in [0.29, 0.717) is 11.1 Å². The fraction of sp³-hybridized carbons (Fsp3) is 0.105. The SMILES string of the molecule is C=C(C)C(=O)O.O=C(CC(=O)c1ccccc1)c1ccccc1. The summed E-state index contributed by atoms with van der Waals surface area (Å²) in [7, 11) is 0. The van der Waals surface area contributed by atoms with Crippen molar-refractivity contribution in [3.05, 3.63) is 83.9 Å². The van der Waals surface area contributed by atoms with E-state index in [0.717, 1.165) is 0 Å². The van der Waals surface area contributed by atoms with E-state index in [1.807, 2.05) is 12.1 Å². The number of carbonyl (C=O) groups excluding carboxylic acids is 2. The molecule has 4 heteroatoms. The van der Waals surface area contributed by atoms with Crippen molar-refractivity contribution >= 4 is 17.5 Å². The first-order valence-electron chi connectivity index (χ1n) is 6.97. The summed E-state index contributed by atoms with van der Waals surface area (Å²) in [6, 6.07) is 17.7. The highest BCUT2D eigenvalue weighted by atomic mass is 16.4. The third-order valence-corrected chi connectivity index (χ3v) is 2.88. The van der Waals surface area contributed by atoms with Crippen molar-refractivity contribution in [3.63, 3.8) is 0 Å². The molecule has 0 saturated heterocycles. The molecule has 0 saturated carbocycles. The first-order chi connectivity index (χ1) is 10.9. The van der Waals surface area contributed by atoms with E-state index >= 15 is 0 Å². The number of carboxylic acid groups (broad SMARTS) is 1. The lowest BCUT2D eigenvalue weighted by atomic mass is 10.0. The van der Waals surface area contributed by atoms with Crippen LogP contribution in [0.3, 0.4) is 0 Å². The molecule has 0 radical (unpaired) electrons. The molecule has 2 rings (SSSR count). The Morgan fingerprint density at radius 2 is 1.13 bits per heavy atom. The summed E-state index contributed by atoms with van der Waals surface area (Å²) in [5, 5.41) is 7.89. The number of ketones is 2. The lowest BCUT2D eigenvalue weighted by Gasteiger charge is -2.00. The number of Topliss-reactive ketones (excluding diaryl/α,β-unsaturated/α-hetero) is 2. The summed E-state index contributed by atoms with van der Waals surface area (Å²) in [6.45, 7) is 4.60. The first-order valence-corrected chi connectivity index (χ1v) is 6.97. The molecule has 0 atom stereocenters. The Hall–Kier alpha value is -3.01. The third kappa shape index (κ3) is 6.52. The number of benzene rings is 2. The van der Waals surface area contributed by atoms with Crippen molar-refractivity contribution in [1.29, 1.82) is 0 Å². The Morgan fingerprint density at radius 1 is 0.826 bits per heavy atom. The predicted octanol–water partition coefficient (Wildman–Crippen LogP) is 3.79. The average Bonchev–Trinajstić information content (AvgIpc) is 2.57. The molecular weight excluding hydrogens is 292 g/mol. The van der Waals surface area contributed by atoms with Crippen LogP contribution in [-0.2, 0) is 4.79 Å². The molecule has 0 aromatic heterocycles. The van der Waals surface area contributed by atoms with Gasteiger partial charge in [-0.3, -0.25) is 9.59 Å². The molecule has 0 heterocycles. The zero-order chi connectivity index (χ0) is 17.2. The minimum absolute atomic E-state index is 0.0754. The Bertz CT molecular complexity index is 626. The van der Waals surface area contributed by atoms with E-state index in [9.17, 15) is 14.4 Å². The monoisotopic (exact) mass is 310 g/mol. The van der Waals surface area contributed by atoms with Gasteiger partial charge < -0.3 is 5.11 Å². The number of aliphatic carboxylic acids is 1. The van der Waals surface area contributed by atoms with Crippen LogP contribution < -0.4 is 0 Å². The molecule has 0 amide bonds. The van der Waals surface area contributed by atoms with Crippen LogP contribution in [0.1, 0.15) is 34.1 Å². The minimum atomic E-state index is -0.935. The van der Waals surface area contributed by atoms with Gasteiger partial charge in [0.05, 0.1) is 6.42 Å². The standard InChI is InChI=1S/C15H12O2.C4H6O2/c16-14(12-7-3-1-4-8-12)11-15(17)13-9-5-2-6-10-13;1-3(2)4(5)6/h1-10H,11H2;1H2,2H3,(H,5,6). The Kier molecular flexibility index (Phi) is 7.14. The highest BCUT2D eigenvalue weighted by molar-refractivity contribution is 6.13. The van der Waals surface area contributed by atoms with Crippen LogP contribution in [0, 0.1) is 0 Å². The number of hydrogen-bond acceptors (Lipinski definition) is 3. The molecule has 0 aliphatic heterocycles. The van der Waals surface area contributed by atoms with Gasteiger partial charge in [0, 0.05) is 16.7 Å². The molecule has 0 aliphatic rings. The van der Waals surface area contributed by atoms with Gasteiger partial charge in [0.25, 0.3) is 0 Å². The average molecular weight is 310 g/mol. The van der Waals surface area contributed by atoms with E-state index in [1.165, 1.54) is 6.92 Å². The first kappa shape index (κ1) is 18.0. The maximum Gasteiger partial charge on any atom is 0.330 e. The zero-order valence-electron chi connectivity index (χ0n) is 12.9. The number of hydrogen-bond donors (Lipinski definition) is 1. The quantitative estimate of drug-likeness (QED) is 0.518. The van der Waals surface area contributed by atoms with E-state index < -0.39 is 5.97 Å². The van der Waals surface area contributed by atoms with Gasteiger partial charge in [-0.2, -0.15) is 0 Å². The molecule has 23 heavy (non-hydrogen) atoms. The number of rotatable bonds is 5. The summed E-state index contributed by atoms with van der Waals surface area (Å²) >= 11 is 0. The molecule has 0 bridgehead atoms. The van der Waals surface area contributed by atoms with Crippen molar-refractivity contribution in [2.75, 3.05) is 0 Å². The summed E-state index contributed by atoms with van der Waals surface area (Å²) in [6.07, 6.45) is -0.0754. The van der Waals surface area contributed by atoms with E-state index in [2.05, 4.69) is 6.58 Å². The molecule has 0 fully saturated rings. The number of carboxylic acids is 1. The molecule has 2 aromatic carbocycles. The zero-order valence-corrected chi connectivity index (χ0v) is 12.9. The Balaban J connectivity index is 0.000000379. The highest BCUT2D eigenvalue weighted by Crippen LogP contribution is 2.08. The van der Waals surface area contributed by atoms with Crippen LogP contribution in [0.5, 0.6) is 0 Å². The van der Waals surface area contributed by atoms with Crippen LogP contribution >= 0.6 is 0 Å². The fourth-order valence-corrected chi connectivity index (χ4v) is 1.60. The second-order valence-corrected chi connectivity index (χ2v) is 4.84.